The van der Waals surface area contributed by atoms with Crippen molar-refractivity contribution in [2.24, 2.45) is 0 Å². The van der Waals surface area contributed by atoms with Crippen LogP contribution in [0.4, 0.5) is 4.39 Å². The Morgan fingerprint density at radius 2 is 1.52 bits per heavy atom. The first kappa shape index (κ1) is 60.3. The first-order chi connectivity index (χ1) is 38.5. The zero-order valence-electron chi connectivity index (χ0n) is 44.3. The lowest BCUT2D eigenvalue weighted by Crippen LogP contribution is -2.52. The van der Waals surface area contributed by atoms with E-state index >= 15 is 0 Å². The maximum atomic E-state index is 14.9. The highest BCUT2D eigenvalue weighted by atomic mass is 32.2. The zero-order valence-corrected chi connectivity index (χ0v) is 45.9. The molecule has 2 aromatic carbocycles. The number of ether oxygens (including phenoxy) is 3. The Hall–Kier alpha value is -7.32. The summed E-state index contributed by atoms with van der Waals surface area (Å²) in [5.74, 6) is -3.01. The number of rotatable bonds is 31. The molecule has 3 aliphatic heterocycles. The Bertz CT molecular complexity index is 3100. The summed E-state index contributed by atoms with van der Waals surface area (Å²) >= 11 is 3.06. The van der Waals surface area contributed by atoms with E-state index in [0.29, 0.717) is 39.7 Å². The first-order valence-corrected chi connectivity index (χ1v) is 28.3. The molecule has 5 heterocycles. The monoisotopic (exact) mass is 1140 g/mol. The number of aryl methyl sites for hydroxylation is 1. The van der Waals surface area contributed by atoms with Gasteiger partial charge >= 0.3 is 5.97 Å². The predicted octanol–water partition coefficient (Wildman–Crippen LogP) is 1.73. The maximum absolute atomic E-state index is 14.9. The van der Waals surface area contributed by atoms with Crippen LogP contribution in [0.5, 0.6) is 0 Å². The van der Waals surface area contributed by atoms with E-state index in [-0.39, 0.29) is 126 Å². The first-order valence-electron chi connectivity index (χ1n) is 26.0. The number of hydrogen-bond acceptors (Lipinski definition) is 17. The number of imide groups is 1. The van der Waals surface area contributed by atoms with E-state index < -0.39 is 71.0 Å². The Labute approximate surface area is 468 Å². The van der Waals surface area contributed by atoms with Gasteiger partial charge in [-0.2, -0.15) is 11.8 Å². The number of pyridine rings is 2. The van der Waals surface area contributed by atoms with Gasteiger partial charge in [0.25, 0.3) is 17.4 Å². The summed E-state index contributed by atoms with van der Waals surface area (Å²) in [4.78, 5) is 131. The normalized spacial score (nSPS) is 15.4. The summed E-state index contributed by atoms with van der Waals surface area (Å²) in [6.07, 6.45) is 2.16. The Morgan fingerprint density at radius 1 is 0.812 bits per heavy atom. The molecule has 2 atom stereocenters. The quantitative estimate of drug-likeness (QED) is 0.0159. The number of esters is 1. The molecule has 426 valence electrons. The van der Waals surface area contributed by atoms with E-state index in [1.807, 2.05) is 0 Å². The molecule has 2 aromatic heterocycles. The van der Waals surface area contributed by atoms with Crippen molar-refractivity contribution in [2.45, 2.75) is 82.9 Å². The van der Waals surface area contributed by atoms with E-state index in [2.05, 4.69) is 26.6 Å². The largest absolute Gasteiger partial charge is 0.458 e. The fraction of sp³-hybridized carbons (Fsp3) is 0.436. The number of cyclic esters (lactones) is 1. The predicted molar refractivity (Wildman–Crippen MR) is 293 cm³/mol. The van der Waals surface area contributed by atoms with Crippen molar-refractivity contribution in [2.75, 3.05) is 70.0 Å². The molecule has 0 saturated heterocycles. The van der Waals surface area contributed by atoms with Crippen molar-refractivity contribution in [1.29, 1.82) is 0 Å². The molecule has 0 aliphatic carbocycles. The van der Waals surface area contributed by atoms with Gasteiger partial charge in [0.05, 0.1) is 74.4 Å². The van der Waals surface area contributed by atoms with E-state index in [1.54, 1.807) is 72.6 Å². The molecule has 4 aromatic rings. The van der Waals surface area contributed by atoms with E-state index in [1.165, 1.54) is 17.8 Å². The molecule has 0 bridgehead atoms. The van der Waals surface area contributed by atoms with Gasteiger partial charge in [0.15, 0.2) is 5.60 Å². The van der Waals surface area contributed by atoms with Crippen LogP contribution in [0, 0.1) is 12.7 Å². The summed E-state index contributed by atoms with van der Waals surface area (Å²) in [6, 6.07) is 12.6. The lowest BCUT2D eigenvalue weighted by atomic mass is 9.86. The fourth-order valence-electron chi connectivity index (χ4n) is 8.98. The van der Waals surface area contributed by atoms with E-state index in [4.69, 9.17) is 19.2 Å². The molecule has 0 radical (unpaired) electrons. The van der Waals surface area contributed by atoms with Crippen LogP contribution in [0.15, 0.2) is 65.5 Å². The van der Waals surface area contributed by atoms with Crippen molar-refractivity contribution < 1.29 is 66.9 Å². The Morgan fingerprint density at radius 3 is 2.27 bits per heavy atom. The summed E-state index contributed by atoms with van der Waals surface area (Å²) in [7, 11) is 0. The van der Waals surface area contributed by atoms with Crippen molar-refractivity contribution in [1.82, 2.24) is 41.0 Å². The second-order valence-electron chi connectivity index (χ2n) is 18.9. The van der Waals surface area contributed by atoms with Gasteiger partial charge in [-0.05, 0) is 42.2 Å². The average Bonchev–Trinajstić information content (AvgIpc) is 4.13. The standard InChI is InChI=1S/C55H63FN8O14S2/c1-3-55(75)40-25-44-51-37(29-64(44)53(73)38(40)30-78-54(55)74)39(36-23-33(2)41(56)26-42(36)62-51)31-79-21-22-80-32-60-47(68)27-59-52(72)43(24-34-7-5-4-6-8-34)61-48(69)28-58-45(66)10-9-35(65)14-17-76-19-20-77-18-15-57-46(67)13-16-63-49(70)11-12-50(63)71/h4-8,11-12,23,25-26,43,75H,3,9-10,13-22,24,27-32H2,1-2H3,(H,57,67)(H,58,66)(H,59,72)(H,60,68)(H,61,69)/t43-,55?/m0/s1. The van der Waals surface area contributed by atoms with Gasteiger partial charge < -0.3 is 50.5 Å². The van der Waals surface area contributed by atoms with E-state index in [9.17, 15) is 57.4 Å². The zero-order chi connectivity index (χ0) is 57.3. The van der Waals surface area contributed by atoms with Crippen LogP contribution in [-0.4, -0.2) is 149 Å². The van der Waals surface area contributed by atoms with E-state index in [0.717, 1.165) is 39.1 Å². The van der Waals surface area contributed by atoms with Gasteiger partial charge in [-0.25, -0.2) is 14.2 Å². The third-order valence-electron chi connectivity index (χ3n) is 13.4. The van der Waals surface area contributed by atoms with Crippen molar-refractivity contribution >= 4 is 87.5 Å². The highest BCUT2D eigenvalue weighted by molar-refractivity contribution is 8.02. The number of thioether (sulfide) groups is 2. The van der Waals surface area contributed by atoms with Crippen molar-refractivity contribution in [3.8, 4) is 11.4 Å². The van der Waals surface area contributed by atoms with Crippen molar-refractivity contribution in [3.05, 3.63) is 110 Å². The molecule has 25 heteroatoms. The number of nitrogens with one attached hydrogen (secondary N) is 5. The maximum Gasteiger partial charge on any atom is 0.343 e. The van der Waals surface area contributed by atoms with Gasteiger partial charge in [0.1, 0.15) is 24.2 Å². The lowest BCUT2D eigenvalue weighted by molar-refractivity contribution is -0.172. The molecule has 6 N–H and O–H groups in total. The van der Waals surface area contributed by atoms with Crippen LogP contribution in [0.3, 0.4) is 0 Å². The molecule has 7 rings (SSSR count). The number of fused-ring (bicyclic) bond motifs is 5. The minimum atomic E-state index is -1.99. The minimum Gasteiger partial charge on any atom is -0.458 e. The number of aromatic nitrogens is 2. The second kappa shape index (κ2) is 28.7. The lowest BCUT2D eigenvalue weighted by Gasteiger charge is -2.31. The van der Waals surface area contributed by atoms with Crippen LogP contribution in [0.1, 0.15) is 72.4 Å². The number of benzene rings is 2. The van der Waals surface area contributed by atoms with Crippen LogP contribution in [-0.2, 0) is 88.3 Å². The number of aliphatic hydroxyl groups is 1. The van der Waals surface area contributed by atoms with Gasteiger partial charge in [-0.1, -0.05) is 37.3 Å². The van der Waals surface area contributed by atoms with Gasteiger partial charge in [-0.15, -0.1) is 11.8 Å². The SMILES string of the molecule is CCC1(O)C(=O)OCc2c1cc1n(c2=O)Cc2c-1nc1cc(F)c(C)cc1c2CSCCSCNC(=O)CNC(=O)[C@H](Cc1ccccc1)NC(=O)CNC(=O)CCC(=O)CCOCCOCCNC(=O)CCN1C(=O)C=CC1=O. The minimum absolute atomic E-state index is 0.00351. The van der Waals surface area contributed by atoms with Crippen LogP contribution < -0.4 is 32.1 Å². The molecule has 0 fully saturated rings. The van der Waals surface area contributed by atoms with Crippen molar-refractivity contribution in [3.63, 3.8) is 0 Å². The van der Waals surface area contributed by atoms with Crippen LogP contribution in [0.2, 0.25) is 0 Å². The molecule has 0 spiro atoms. The summed E-state index contributed by atoms with van der Waals surface area (Å²) < 4.78 is 32.5. The number of nitrogens with zero attached hydrogens (tertiary/aromatic N) is 3. The second-order valence-corrected chi connectivity index (χ2v) is 21.1. The topological polar surface area (TPSA) is 300 Å². The molecular formula is C55H63FN8O14S2. The highest BCUT2D eigenvalue weighted by Gasteiger charge is 2.45. The summed E-state index contributed by atoms with van der Waals surface area (Å²) in [5.41, 5.74) is 2.16. The molecule has 7 amide bonds. The summed E-state index contributed by atoms with van der Waals surface area (Å²) in [6.45, 7) is 3.29. The van der Waals surface area contributed by atoms with Gasteiger partial charge in [0, 0.05) is 97.2 Å². The smallest absolute Gasteiger partial charge is 0.343 e. The number of carbonyl (C=O) groups is 9. The molecule has 0 saturated carbocycles. The van der Waals surface area contributed by atoms with Crippen LogP contribution in [0.25, 0.3) is 22.3 Å². The third-order valence-corrected chi connectivity index (χ3v) is 15.5. The number of hydrogen-bond donors (Lipinski definition) is 6. The Kier molecular flexibility index (Phi) is 21.6. The molecule has 80 heavy (non-hydrogen) atoms. The summed E-state index contributed by atoms with van der Waals surface area (Å²) in [5, 5.41) is 25.1. The fourth-order valence-corrected chi connectivity index (χ4v) is 11.0. The number of carbonyl (C=O) groups excluding carboxylic acids is 9. The van der Waals surface area contributed by atoms with Gasteiger partial charge in [-0.3, -0.25) is 48.1 Å². The average molecular weight is 1140 g/mol. The molecule has 1 unspecified atom stereocenters. The molecule has 22 nitrogen and oxygen atoms in total. The third kappa shape index (κ3) is 15.7. The molecule has 3 aliphatic rings. The molecular weight excluding hydrogens is 1080 g/mol. The number of amides is 7. The number of Topliss-reactive ketones (excluding diaryl/α,β-unsaturated/α-hetero) is 1. The Balaban J connectivity index is 0.778. The number of halogens is 1. The van der Waals surface area contributed by atoms with Crippen LogP contribution >= 0.6 is 23.5 Å². The van der Waals surface area contributed by atoms with Gasteiger partial charge in [0.2, 0.25) is 29.5 Å². The number of ketones is 1. The highest BCUT2D eigenvalue weighted by Crippen LogP contribution is 2.41.